The predicted molar refractivity (Wildman–Crippen MR) is 95.2 cm³/mol. The highest BCUT2D eigenvalue weighted by molar-refractivity contribution is 5.99. The summed E-state index contributed by atoms with van der Waals surface area (Å²) in [4.78, 5) is 12.7. The van der Waals surface area contributed by atoms with Gasteiger partial charge in [0.15, 0.2) is 5.78 Å². The van der Waals surface area contributed by atoms with Gasteiger partial charge in [-0.25, -0.2) is 0 Å². The van der Waals surface area contributed by atoms with Crippen LogP contribution < -0.4 is 5.32 Å². The van der Waals surface area contributed by atoms with Crippen molar-refractivity contribution in [2.75, 3.05) is 6.54 Å². The molecule has 2 saturated carbocycles. The molecule has 1 N–H and O–H groups in total. The van der Waals surface area contributed by atoms with E-state index in [1.54, 1.807) is 0 Å². The van der Waals surface area contributed by atoms with Crippen molar-refractivity contribution in [2.24, 2.45) is 0 Å². The summed E-state index contributed by atoms with van der Waals surface area (Å²) in [6.07, 6.45) is 13.0. The van der Waals surface area contributed by atoms with Gasteiger partial charge in [0.25, 0.3) is 0 Å². The van der Waals surface area contributed by atoms with Crippen molar-refractivity contribution in [3.05, 3.63) is 23.0 Å². The summed E-state index contributed by atoms with van der Waals surface area (Å²) in [6, 6.07) is 3.27. The molecule has 0 unspecified atom stereocenters. The van der Waals surface area contributed by atoms with Crippen molar-refractivity contribution in [1.82, 2.24) is 9.88 Å². The molecular weight excluding hydrogens is 284 g/mol. The maximum atomic E-state index is 12.7. The Bertz CT molecular complexity index is 532. The number of ketones is 1. The van der Waals surface area contributed by atoms with Crippen molar-refractivity contribution in [3.63, 3.8) is 0 Å². The first kappa shape index (κ1) is 16.8. The van der Waals surface area contributed by atoms with Gasteiger partial charge in [-0.2, -0.15) is 0 Å². The standard InChI is InChI=1S/C20H32N2O/c1-15-13-19(16(2)22(15)18-11-7-8-12-18)20(23)14-21-17-9-5-3-4-6-10-17/h13,17-18,21H,3-12,14H2,1-2H3. The molecule has 3 nitrogen and oxygen atoms in total. The quantitative estimate of drug-likeness (QED) is 0.630. The molecule has 0 aliphatic heterocycles. The summed E-state index contributed by atoms with van der Waals surface area (Å²) >= 11 is 0. The smallest absolute Gasteiger partial charge is 0.178 e. The Morgan fingerprint density at radius 2 is 1.65 bits per heavy atom. The molecule has 3 rings (SSSR count). The first-order chi connectivity index (χ1) is 11.2. The van der Waals surface area contributed by atoms with E-state index in [0.717, 1.165) is 5.56 Å². The van der Waals surface area contributed by atoms with Crippen LogP contribution >= 0.6 is 0 Å². The fraction of sp³-hybridized carbons (Fsp3) is 0.750. The second-order valence-corrected chi connectivity index (χ2v) is 7.59. The van der Waals surface area contributed by atoms with Crippen LogP contribution in [0.1, 0.15) is 92.0 Å². The number of aryl methyl sites for hydroxylation is 1. The molecule has 2 fully saturated rings. The topological polar surface area (TPSA) is 34.0 Å². The maximum Gasteiger partial charge on any atom is 0.178 e. The lowest BCUT2D eigenvalue weighted by Crippen LogP contribution is -2.33. The molecule has 0 aromatic carbocycles. The van der Waals surface area contributed by atoms with Gasteiger partial charge in [-0.15, -0.1) is 0 Å². The highest BCUT2D eigenvalue weighted by Crippen LogP contribution is 2.33. The van der Waals surface area contributed by atoms with Gasteiger partial charge < -0.3 is 9.88 Å². The van der Waals surface area contributed by atoms with E-state index in [0.29, 0.717) is 18.6 Å². The molecule has 0 spiro atoms. The number of nitrogens with one attached hydrogen (secondary N) is 1. The molecule has 0 bridgehead atoms. The molecule has 0 radical (unpaired) electrons. The van der Waals surface area contributed by atoms with E-state index >= 15 is 0 Å². The highest BCUT2D eigenvalue weighted by atomic mass is 16.1. The molecule has 0 amide bonds. The largest absolute Gasteiger partial charge is 0.345 e. The van der Waals surface area contributed by atoms with Crippen molar-refractivity contribution in [2.45, 2.75) is 90.1 Å². The Morgan fingerprint density at radius 1 is 1.04 bits per heavy atom. The van der Waals surface area contributed by atoms with E-state index in [2.05, 4.69) is 29.8 Å². The normalized spacial score (nSPS) is 20.8. The summed E-state index contributed by atoms with van der Waals surface area (Å²) in [5, 5.41) is 3.53. The Hall–Kier alpha value is -1.09. The molecule has 3 heteroatoms. The number of aromatic nitrogens is 1. The lowest BCUT2D eigenvalue weighted by molar-refractivity contribution is 0.0985. The van der Waals surface area contributed by atoms with E-state index in [-0.39, 0.29) is 5.78 Å². The number of Topliss-reactive ketones (excluding diaryl/α,β-unsaturated/α-hetero) is 1. The van der Waals surface area contributed by atoms with Crippen LogP contribution in [-0.2, 0) is 0 Å². The van der Waals surface area contributed by atoms with Gasteiger partial charge in [-0.3, -0.25) is 4.79 Å². The number of nitrogens with zero attached hydrogens (tertiary/aromatic N) is 1. The van der Waals surface area contributed by atoms with Crippen molar-refractivity contribution in [3.8, 4) is 0 Å². The summed E-state index contributed by atoms with van der Waals surface area (Å²) in [5.74, 6) is 0.270. The van der Waals surface area contributed by atoms with Crippen molar-refractivity contribution in [1.29, 1.82) is 0 Å². The SMILES string of the molecule is Cc1cc(C(=O)CNC2CCCCCC2)c(C)n1C1CCCC1. The first-order valence-corrected chi connectivity index (χ1v) is 9.62. The van der Waals surface area contributed by atoms with Crippen LogP contribution in [0.15, 0.2) is 6.07 Å². The van der Waals surface area contributed by atoms with Gasteiger partial charge in [0.2, 0.25) is 0 Å². The van der Waals surface area contributed by atoms with Crippen molar-refractivity contribution >= 4 is 5.78 Å². The summed E-state index contributed by atoms with van der Waals surface area (Å²) in [7, 11) is 0. The van der Waals surface area contributed by atoms with Crippen LogP contribution in [-0.4, -0.2) is 22.9 Å². The minimum absolute atomic E-state index is 0.270. The molecule has 1 heterocycles. The van der Waals surface area contributed by atoms with E-state index in [4.69, 9.17) is 0 Å². The van der Waals surface area contributed by atoms with Gasteiger partial charge in [-0.05, 0) is 45.6 Å². The molecule has 2 aliphatic rings. The molecule has 128 valence electrons. The van der Waals surface area contributed by atoms with Gasteiger partial charge in [0.1, 0.15) is 0 Å². The Kier molecular flexibility index (Phi) is 5.58. The fourth-order valence-electron chi connectivity index (χ4n) is 4.60. The van der Waals surface area contributed by atoms with Crippen LogP contribution in [0.3, 0.4) is 0 Å². The molecule has 0 saturated heterocycles. The number of rotatable bonds is 5. The molecule has 23 heavy (non-hydrogen) atoms. The minimum atomic E-state index is 0.270. The zero-order valence-corrected chi connectivity index (χ0v) is 14.9. The number of hydrogen-bond acceptors (Lipinski definition) is 2. The van der Waals surface area contributed by atoms with Crippen molar-refractivity contribution < 1.29 is 4.79 Å². The average Bonchev–Trinajstić information content (AvgIpc) is 3.05. The second-order valence-electron chi connectivity index (χ2n) is 7.59. The zero-order chi connectivity index (χ0) is 16.2. The Labute approximate surface area is 140 Å². The lowest BCUT2D eigenvalue weighted by Gasteiger charge is -2.18. The third-order valence-corrected chi connectivity index (χ3v) is 5.88. The zero-order valence-electron chi connectivity index (χ0n) is 14.9. The van der Waals surface area contributed by atoms with Crippen LogP contribution in [0, 0.1) is 13.8 Å². The highest BCUT2D eigenvalue weighted by Gasteiger charge is 2.23. The first-order valence-electron chi connectivity index (χ1n) is 9.62. The molecule has 1 aromatic heterocycles. The fourth-order valence-corrected chi connectivity index (χ4v) is 4.60. The average molecular weight is 316 g/mol. The third kappa shape index (κ3) is 3.88. The summed E-state index contributed by atoms with van der Waals surface area (Å²) in [5.41, 5.74) is 3.38. The van der Waals surface area contributed by atoms with Gasteiger partial charge >= 0.3 is 0 Å². The van der Waals surface area contributed by atoms with Crippen LogP contribution in [0.5, 0.6) is 0 Å². The Morgan fingerprint density at radius 3 is 2.30 bits per heavy atom. The molecule has 2 aliphatic carbocycles. The lowest BCUT2D eigenvalue weighted by atomic mass is 10.1. The molecule has 1 aromatic rings. The molecule has 0 atom stereocenters. The van der Waals surface area contributed by atoms with Crippen LogP contribution in [0.2, 0.25) is 0 Å². The van der Waals surface area contributed by atoms with E-state index in [1.807, 2.05) is 0 Å². The third-order valence-electron chi connectivity index (χ3n) is 5.88. The van der Waals surface area contributed by atoms with Crippen LogP contribution in [0.25, 0.3) is 0 Å². The van der Waals surface area contributed by atoms with Gasteiger partial charge in [-0.1, -0.05) is 38.5 Å². The predicted octanol–water partition coefficient (Wildman–Crippen LogP) is 4.72. The summed E-state index contributed by atoms with van der Waals surface area (Å²) in [6.45, 7) is 4.78. The number of carbonyl (C=O) groups is 1. The maximum absolute atomic E-state index is 12.7. The minimum Gasteiger partial charge on any atom is -0.345 e. The Balaban J connectivity index is 1.64. The van der Waals surface area contributed by atoms with E-state index < -0.39 is 0 Å². The number of carbonyl (C=O) groups excluding carboxylic acids is 1. The monoisotopic (exact) mass is 316 g/mol. The number of hydrogen-bond donors (Lipinski definition) is 1. The van der Waals surface area contributed by atoms with Gasteiger partial charge in [0.05, 0.1) is 6.54 Å². The van der Waals surface area contributed by atoms with E-state index in [1.165, 1.54) is 75.6 Å². The van der Waals surface area contributed by atoms with E-state index in [9.17, 15) is 4.79 Å². The second kappa shape index (κ2) is 7.65. The summed E-state index contributed by atoms with van der Waals surface area (Å²) < 4.78 is 2.42. The van der Waals surface area contributed by atoms with Crippen LogP contribution in [0.4, 0.5) is 0 Å². The van der Waals surface area contributed by atoms with Gasteiger partial charge in [0, 0.05) is 29.0 Å². The molecular formula is C20H32N2O.